The summed E-state index contributed by atoms with van der Waals surface area (Å²) in [7, 11) is -2.08. The molecule has 0 bridgehead atoms. The molecular formula is C23H37N2O12P. The van der Waals surface area contributed by atoms with Gasteiger partial charge in [-0.3, -0.25) is 28.5 Å². The summed E-state index contributed by atoms with van der Waals surface area (Å²) in [4.78, 5) is 50.5. The molecular weight excluding hydrogens is 527 g/mol. The monoisotopic (exact) mass is 564 g/mol. The highest BCUT2D eigenvalue weighted by atomic mass is 31.2. The van der Waals surface area contributed by atoms with Crippen molar-refractivity contribution < 1.29 is 47.3 Å². The molecule has 216 valence electrons. The van der Waals surface area contributed by atoms with Gasteiger partial charge in [0.15, 0.2) is 12.3 Å². The van der Waals surface area contributed by atoms with Crippen LogP contribution in [0.15, 0.2) is 15.8 Å². The lowest BCUT2D eigenvalue weighted by atomic mass is 9.99. The van der Waals surface area contributed by atoms with Gasteiger partial charge in [0.25, 0.3) is 5.56 Å². The van der Waals surface area contributed by atoms with Gasteiger partial charge < -0.3 is 33.1 Å². The number of aryl methyl sites for hydroxylation is 1. The van der Waals surface area contributed by atoms with Crippen LogP contribution in [0.3, 0.4) is 0 Å². The van der Waals surface area contributed by atoms with E-state index in [-0.39, 0.29) is 38.2 Å². The van der Waals surface area contributed by atoms with E-state index < -0.39 is 74.1 Å². The van der Waals surface area contributed by atoms with E-state index in [1.807, 2.05) is 0 Å². The van der Waals surface area contributed by atoms with Crippen LogP contribution in [0.4, 0.5) is 0 Å². The van der Waals surface area contributed by atoms with Crippen LogP contribution in [-0.4, -0.2) is 84.6 Å². The second-order valence-electron chi connectivity index (χ2n) is 8.75. The van der Waals surface area contributed by atoms with Gasteiger partial charge in [-0.2, -0.15) is 0 Å². The molecule has 14 nitrogen and oxygen atoms in total. The summed E-state index contributed by atoms with van der Waals surface area (Å²) in [5.41, 5.74) is -1.12. The molecule has 2 N–H and O–H groups in total. The van der Waals surface area contributed by atoms with Gasteiger partial charge in [0.05, 0.1) is 45.4 Å². The summed E-state index contributed by atoms with van der Waals surface area (Å²) in [5, 5.41) is 8.96. The molecule has 0 aliphatic carbocycles. The zero-order chi connectivity index (χ0) is 28.5. The number of H-pyrrole nitrogens is 1. The second kappa shape index (κ2) is 14.7. The third kappa shape index (κ3) is 8.58. The summed E-state index contributed by atoms with van der Waals surface area (Å²) in [6.45, 7) is 7.05. The second-order valence-corrected chi connectivity index (χ2v) is 10.9. The van der Waals surface area contributed by atoms with Crippen molar-refractivity contribution in [3.8, 4) is 0 Å². The molecule has 2 heterocycles. The van der Waals surface area contributed by atoms with Crippen molar-refractivity contribution in [3.63, 3.8) is 0 Å². The molecule has 5 atom stereocenters. The van der Waals surface area contributed by atoms with Crippen LogP contribution in [0.25, 0.3) is 0 Å². The quantitative estimate of drug-likeness (QED) is 0.168. The Morgan fingerprint density at radius 3 is 2.39 bits per heavy atom. The number of aromatic amines is 1. The Hall–Kier alpha value is -2.35. The predicted molar refractivity (Wildman–Crippen MR) is 133 cm³/mol. The van der Waals surface area contributed by atoms with Crippen molar-refractivity contribution in [2.75, 3.05) is 39.7 Å². The molecule has 1 aliphatic heterocycles. The maximum absolute atomic E-state index is 13.3. The van der Waals surface area contributed by atoms with Gasteiger partial charge in [-0.05, 0) is 26.7 Å². The first-order valence-electron chi connectivity index (χ1n) is 12.3. The molecule has 1 aromatic heterocycles. The van der Waals surface area contributed by atoms with Gasteiger partial charge in [0, 0.05) is 18.9 Å². The minimum atomic E-state index is -3.55. The van der Waals surface area contributed by atoms with Crippen LogP contribution in [0, 0.1) is 12.8 Å². The van der Waals surface area contributed by atoms with Crippen molar-refractivity contribution in [1.29, 1.82) is 0 Å². The Bertz CT molecular complexity index is 1090. The Labute approximate surface area is 220 Å². The average Bonchev–Trinajstić information content (AvgIpc) is 3.18. The minimum Gasteiger partial charge on any atom is -0.481 e. The largest absolute Gasteiger partial charge is 0.481 e. The van der Waals surface area contributed by atoms with Crippen molar-refractivity contribution in [3.05, 3.63) is 32.6 Å². The fraction of sp³-hybridized carbons (Fsp3) is 0.739. The van der Waals surface area contributed by atoms with Gasteiger partial charge in [-0.15, -0.1) is 0 Å². The highest BCUT2D eigenvalue weighted by Crippen LogP contribution is 2.51. The summed E-state index contributed by atoms with van der Waals surface area (Å²) >= 11 is 0. The lowest BCUT2D eigenvalue weighted by molar-refractivity contribution is -0.161. The van der Waals surface area contributed by atoms with E-state index in [2.05, 4.69) is 4.98 Å². The number of aromatic nitrogens is 2. The minimum absolute atomic E-state index is 0.0405. The van der Waals surface area contributed by atoms with Crippen LogP contribution in [-0.2, 0) is 42.1 Å². The number of esters is 1. The number of rotatable bonds is 16. The van der Waals surface area contributed by atoms with Gasteiger partial charge in [-0.1, -0.05) is 6.92 Å². The Balaban J connectivity index is 2.51. The Morgan fingerprint density at radius 1 is 1.16 bits per heavy atom. The smallest absolute Gasteiger partial charge is 0.331 e. The fourth-order valence-corrected chi connectivity index (χ4v) is 6.10. The van der Waals surface area contributed by atoms with Gasteiger partial charge in [-0.25, -0.2) is 4.79 Å². The standard InChI is InChI=1S/C23H37N2O12P/c1-6-34-38(31,35-7-2)13-15(4)18-19(36-17(28)9-8-16(26)27)20(33-11-10-32-5)22(37-18)25-12-14(3)21(29)24-23(25)30/h12,15,18-20,22H,6-11,13H2,1-5H3,(H,26,27)(H,24,29,30)/t15-,18+,19+,20+,22+/m0/s1. The zero-order valence-corrected chi connectivity index (χ0v) is 23.1. The topological polar surface area (TPSA) is 182 Å². The van der Waals surface area contributed by atoms with Crippen LogP contribution >= 0.6 is 7.60 Å². The van der Waals surface area contributed by atoms with E-state index in [1.54, 1.807) is 20.8 Å². The van der Waals surface area contributed by atoms with Gasteiger partial charge >= 0.3 is 25.2 Å². The lowest BCUT2D eigenvalue weighted by Gasteiger charge is -2.28. The Morgan fingerprint density at radius 2 is 1.82 bits per heavy atom. The normalized spacial score (nSPS) is 22.3. The van der Waals surface area contributed by atoms with E-state index in [1.165, 1.54) is 20.2 Å². The van der Waals surface area contributed by atoms with Crippen LogP contribution in [0.1, 0.15) is 45.4 Å². The fourth-order valence-electron chi connectivity index (χ4n) is 4.11. The zero-order valence-electron chi connectivity index (χ0n) is 22.2. The SMILES string of the molecule is CCOP(=O)(C[C@H](C)[C@H]1O[C@@H](n2cc(C)c(=O)[nH]c2=O)[C@H](OCCOC)[C@@H]1OC(=O)CCC(=O)O)OCC. The molecule has 15 heteroatoms. The number of hydrogen-bond donors (Lipinski definition) is 2. The number of carboxylic acids is 1. The Kier molecular flexibility index (Phi) is 12.3. The first-order chi connectivity index (χ1) is 18.0. The summed E-state index contributed by atoms with van der Waals surface area (Å²) < 4.78 is 48.1. The molecule has 0 radical (unpaired) electrons. The highest BCUT2D eigenvalue weighted by Gasteiger charge is 2.52. The average molecular weight is 565 g/mol. The molecule has 0 amide bonds. The molecule has 0 aromatic carbocycles. The van der Waals surface area contributed by atoms with Gasteiger partial charge in [0.2, 0.25) is 0 Å². The van der Waals surface area contributed by atoms with E-state index in [0.29, 0.717) is 0 Å². The van der Waals surface area contributed by atoms with E-state index in [0.717, 1.165) is 4.57 Å². The van der Waals surface area contributed by atoms with Crippen molar-refractivity contribution in [2.45, 2.75) is 65.1 Å². The molecule has 1 fully saturated rings. The third-order valence-electron chi connectivity index (χ3n) is 5.78. The van der Waals surface area contributed by atoms with Crippen LogP contribution < -0.4 is 11.2 Å². The number of ether oxygens (including phenoxy) is 4. The number of carbonyl (C=O) groups is 2. The van der Waals surface area contributed by atoms with E-state index in [4.69, 9.17) is 33.1 Å². The number of hydrogen-bond acceptors (Lipinski definition) is 11. The van der Waals surface area contributed by atoms with Crippen molar-refractivity contribution in [2.24, 2.45) is 5.92 Å². The molecule has 2 rings (SSSR count). The van der Waals surface area contributed by atoms with Crippen LogP contribution in [0.2, 0.25) is 0 Å². The molecule has 1 aliphatic rings. The molecule has 0 unspecified atom stereocenters. The number of nitrogens with one attached hydrogen (secondary N) is 1. The molecule has 0 spiro atoms. The summed E-state index contributed by atoms with van der Waals surface area (Å²) in [6, 6.07) is 0. The third-order valence-corrected chi connectivity index (χ3v) is 8.10. The predicted octanol–water partition coefficient (Wildman–Crippen LogP) is 1.45. The highest BCUT2D eigenvalue weighted by molar-refractivity contribution is 7.53. The maximum atomic E-state index is 13.3. The first-order valence-corrected chi connectivity index (χ1v) is 14.1. The molecule has 1 saturated heterocycles. The lowest BCUT2D eigenvalue weighted by Crippen LogP contribution is -2.43. The molecule has 0 saturated carbocycles. The maximum Gasteiger partial charge on any atom is 0.331 e. The molecule has 38 heavy (non-hydrogen) atoms. The number of methoxy groups -OCH3 is 1. The van der Waals surface area contributed by atoms with Gasteiger partial charge in [0.1, 0.15) is 12.2 Å². The van der Waals surface area contributed by atoms with E-state index >= 15 is 0 Å². The van der Waals surface area contributed by atoms with Crippen molar-refractivity contribution >= 4 is 19.5 Å². The first kappa shape index (κ1) is 31.9. The van der Waals surface area contributed by atoms with E-state index in [9.17, 15) is 23.7 Å². The number of carboxylic acid groups (broad SMARTS) is 1. The number of nitrogens with zero attached hydrogens (tertiary/aromatic N) is 1. The summed E-state index contributed by atoms with van der Waals surface area (Å²) in [6.07, 6.45) is -3.96. The van der Waals surface area contributed by atoms with Crippen molar-refractivity contribution in [1.82, 2.24) is 9.55 Å². The summed E-state index contributed by atoms with van der Waals surface area (Å²) in [5.74, 6) is -2.60. The number of aliphatic carboxylic acids is 1. The van der Waals surface area contributed by atoms with Crippen LogP contribution in [0.5, 0.6) is 0 Å². The number of carbonyl (C=O) groups excluding carboxylic acids is 1. The molecule has 1 aromatic rings.